The smallest absolute Gasteiger partial charge is 0.268 e. The summed E-state index contributed by atoms with van der Waals surface area (Å²) in [6, 6.07) is 3.93. The lowest BCUT2D eigenvalue weighted by molar-refractivity contribution is 0.0915. The summed E-state index contributed by atoms with van der Waals surface area (Å²) in [6.45, 7) is 4.71. The Morgan fingerprint density at radius 2 is 2.41 bits per heavy atom. The summed E-state index contributed by atoms with van der Waals surface area (Å²) < 4.78 is 3.11. The van der Waals surface area contributed by atoms with Gasteiger partial charge in [0.1, 0.15) is 5.69 Å². The summed E-state index contributed by atoms with van der Waals surface area (Å²) in [5.74, 6) is -0.129. The third-order valence-electron chi connectivity index (χ3n) is 2.63. The minimum atomic E-state index is -0.523. The van der Waals surface area contributed by atoms with Gasteiger partial charge < -0.3 is 15.0 Å². The van der Waals surface area contributed by atoms with Crippen LogP contribution in [0.25, 0.3) is 10.2 Å². The van der Waals surface area contributed by atoms with E-state index in [-0.39, 0.29) is 12.5 Å². The van der Waals surface area contributed by atoms with Gasteiger partial charge in [0.05, 0.1) is 16.3 Å². The summed E-state index contributed by atoms with van der Waals surface area (Å²) in [4.78, 5) is 12.0. The quantitative estimate of drug-likeness (QED) is 0.872. The summed E-state index contributed by atoms with van der Waals surface area (Å²) in [6.07, 6.45) is -0.523. The number of amides is 1. The summed E-state index contributed by atoms with van der Waals surface area (Å²) in [5, 5.41) is 13.9. The van der Waals surface area contributed by atoms with Crippen molar-refractivity contribution < 1.29 is 9.90 Å². The Kier molecular flexibility index (Phi) is 3.49. The zero-order valence-corrected chi connectivity index (χ0v) is 10.8. The van der Waals surface area contributed by atoms with Crippen LogP contribution in [0.5, 0.6) is 0 Å². The molecule has 92 valence electrons. The highest BCUT2D eigenvalue weighted by Crippen LogP contribution is 2.25. The van der Waals surface area contributed by atoms with E-state index >= 15 is 0 Å². The summed E-state index contributed by atoms with van der Waals surface area (Å²) in [5.41, 5.74) is 1.76. The summed E-state index contributed by atoms with van der Waals surface area (Å²) in [7, 11) is 0. The van der Waals surface area contributed by atoms with E-state index in [0.29, 0.717) is 5.69 Å². The Morgan fingerprint density at radius 3 is 3.06 bits per heavy atom. The molecule has 17 heavy (non-hydrogen) atoms. The number of nitrogens with zero attached hydrogens (tertiary/aromatic N) is 1. The SMILES string of the molecule is CCn1c(C(=O)NCC(C)O)cc2sccc21. The first-order chi connectivity index (χ1) is 8.13. The van der Waals surface area contributed by atoms with Crippen molar-refractivity contribution >= 4 is 27.5 Å². The average Bonchev–Trinajstić information content (AvgIpc) is 2.84. The van der Waals surface area contributed by atoms with Crippen molar-refractivity contribution in [3.8, 4) is 0 Å². The first-order valence-corrected chi connectivity index (χ1v) is 6.54. The number of aliphatic hydroxyl groups is 1. The molecule has 0 radical (unpaired) electrons. The third-order valence-corrected chi connectivity index (χ3v) is 3.48. The number of aliphatic hydroxyl groups excluding tert-OH is 1. The molecule has 0 aliphatic rings. The number of carbonyl (C=O) groups is 1. The van der Waals surface area contributed by atoms with E-state index < -0.39 is 6.10 Å². The molecule has 2 aromatic heterocycles. The highest BCUT2D eigenvalue weighted by atomic mass is 32.1. The Balaban J connectivity index is 2.27. The van der Waals surface area contributed by atoms with E-state index in [1.165, 1.54) is 0 Å². The lowest BCUT2D eigenvalue weighted by atomic mass is 10.3. The number of nitrogens with one attached hydrogen (secondary N) is 1. The van der Waals surface area contributed by atoms with Crippen LogP contribution < -0.4 is 5.32 Å². The monoisotopic (exact) mass is 252 g/mol. The Labute approximate surface area is 104 Å². The molecule has 1 unspecified atom stereocenters. The molecule has 2 heterocycles. The topological polar surface area (TPSA) is 54.3 Å². The van der Waals surface area contributed by atoms with E-state index in [1.807, 2.05) is 29.0 Å². The molecule has 0 aliphatic carbocycles. The number of rotatable bonds is 4. The van der Waals surface area contributed by atoms with Crippen molar-refractivity contribution in [2.45, 2.75) is 26.5 Å². The molecular weight excluding hydrogens is 236 g/mol. The Morgan fingerprint density at radius 1 is 1.65 bits per heavy atom. The van der Waals surface area contributed by atoms with Gasteiger partial charge in [-0.15, -0.1) is 11.3 Å². The number of aromatic nitrogens is 1. The molecule has 4 nitrogen and oxygen atoms in total. The lowest BCUT2D eigenvalue weighted by Gasteiger charge is -2.09. The van der Waals surface area contributed by atoms with Gasteiger partial charge in [0, 0.05) is 13.1 Å². The highest BCUT2D eigenvalue weighted by Gasteiger charge is 2.15. The van der Waals surface area contributed by atoms with E-state index in [0.717, 1.165) is 16.8 Å². The van der Waals surface area contributed by atoms with E-state index in [9.17, 15) is 4.79 Å². The standard InChI is InChI=1S/C12H16N2O2S/c1-3-14-9-4-5-17-11(9)6-10(14)12(16)13-7-8(2)15/h4-6,8,15H,3,7H2,1-2H3,(H,13,16). The van der Waals surface area contributed by atoms with Crippen molar-refractivity contribution in [2.75, 3.05) is 6.54 Å². The molecule has 0 bridgehead atoms. The molecule has 2 N–H and O–H groups in total. The first kappa shape index (κ1) is 12.1. The molecule has 2 rings (SSSR count). The minimum Gasteiger partial charge on any atom is -0.392 e. The van der Waals surface area contributed by atoms with Crippen LogP contribution in [0.15, 0.2) is 17.5 Å². The van der Waals surface area contributed by atoms with Gasteiger partial charge in [0.25, 0.3) is 5.91 Å². The van der Waals surface area contributed by atoms with Gasteiger partial charge in [0.15, 0.2) is 0 Å². The van der Waals surface area contributed by atoms with Crippen LogP contribution in [0.3, 0.4) is 0 Å². The van der Waals surface area contributed by atoms with E-state index in [2.05, 4.69) is 5.32 Å². The minimum absolute atomic E-state index is 0.129. The number of fused-ring (bicyclic) bond motifs is 1. The second-order valence-electron chi connectivity index (χ2n) is 4.00. The second-order valence-corrected chi connectivity index (χ2v) is 4.95. The predicted octanol–water partition coefficient (Wildman–Crippen LogP) is 1.83. The van der Waals surface area contributed by atoms with Crippen LogP contribution in [0.1, 0.15) is 24.3 Å². The summed E-state index contributed by atoms with van der Waals surface area (Å²) >= 11 is 1.63. The largest absolute Gasteiger partial charge is 0.392 e. The van der Waals surface area contributed by atoms with Gasteiger partial charge in [-0.05, 0) is 31.4 Å². The molecule has 2 aromatic rings. The first-order valence-electron chi connectivity index (χ1n) is 5.66. The number of hydrogen-bond acceptors (Lipinski definition) is 3. The molecule has 0 aliphatic heterocycles. The van der Waals surface area contributed by atoms with Crippen molar-refractivity contribution in [2.24, 2.45) is 0 Å². The van der Waals surface area contributed by atoms with Gasteiger partial charge in [-0.2, -0.15) is 0 Å². The van der Waals surface area contributed by atoms with E-state index in [1.54, 1.807) is 18.3 Å². The van der Waals surface area contributed by atoms with Crippen LogP contribution in [0.2, 0.25) is 0 Å². The van der Waals surface area contributed by atoms with Crippen LogP contribution in [-0.4, -0.2) is 28.2 Å². The molecule has 0 aromatic carbocycles. The highest BCUT2D eigenvalue weighted by molar-refractivity contribution is 7.17. The predicted molar refractivity (Wildman–Crippen MR) is 69.5 cm³/mol. The zero-order chi connectivity index (χ0) is 12.4. The van der Waals surface area contributed by atoms with Crippen LogP contribution >= 0.6 is 11.3 Å². The van der Waals surface area contributed by atoms with Gasteiger partial charge in [0.2, 0.25) is 0 Å². The molecule has 0 saturated heterocycles. The zero-order valence-electron chi connectivity index (χ0n) is 9.93. The van der Waals surface area contributed by atoms with Crippen molar-refractivity contribution in [3.05, 3.63) is 23.2 Å². The van der Waals surface area contributed by atoms with Gasteiger partial charge >= 0.3 is 0 Å². The average molecular weight is 252 g/mol. The molecule has 1 atom stereocenters. The number of thiophene rings is 1. The van der Waals surface area contributed by atoms with Crippen molar-refractivity contribution in [1.29, 1.82) is 0 Å². The lowest BCUT2D eigenvalue weighted by Crippen LogP contribution is -2.31. The van der Waals surface area contributed by atoms with Gasteiger partial charge in [-0.1, -0.05) is 0 Å². The Hall–Kier alpha value is -1.33. The number of carbonyl (C=O) groups excluding carboxylic acids is 1. The molecular formula is C12H16N2O2S. The van der Waals surface area contributed by atoms with E-state index in [4.69, 9.17) is 5.11 Å². The van der Waals surface area contributed by atoms with Crippen molar-refractivity contribution in [1.82, 2.24) is 9.88 Å². The molecule has 0 fully saturated rings. The van der Waals surface area contributed by atoms with Crippen LogP contribution in [0, 0.1) is 0 Å². The fourth-order valence-electron chi connectivity index (χ4n) is 1.84. The maximum atomic E-state index is 12.0. The third kappa shape index (κ3) is 2.35. The normalized spacial score (nSPS) is 12.9. The Bertz CT molecular complexity index is 528. The molecule has 0 saturated carbocycles. The van der Waals surface area contributed by atoms with Crippen LogP contribution in [-0.2, 0) is 6.54 Å². The van der Waals surface area contributed by atoms with Gasteiger partial charge in [-0.25, -0.2) is 0 Å². The molecule has 0 spiro atoms. The molecule has 1 amide bonds. The number of hydrogen-bond donors (Lipinski definition) is 2. The maximum Gasteiger partial charge on any atom is 0.268 e. The van der Waals surface area contributed by atoms with Crippen molar-refractivity contribution in [3.63, 3.8) is 0 Å². The van der Waals surface area contributed by atoms with Crippen LogP contribution in [0.4, 0.5) is 0 Å². The fourth-order valence-corrected chi connectivity index (χ4v) is 2.66. The fraction of sp³-hybridized carbons (Fsp3) is 0.417. The van der Waals surface area contributed by atoms with Gasteiger partial charge in [-0.3, -0.25) is 4.79 Å². The second kappa shape index (κ2) is 4.89. The number of aryl methyl sites for hydroxylation is 1. The molecule has 5 heteroatoms. The maximum absolute atomic E-state index is 12.0.